The molecular weight excluding hydrogens is 258 g/mol. The van der Waals surface area contributed by atoms with Crippen LogP contribution >= 0.6 is 0 Å². The molecule has 1 N–H and O–H groups in total. The predicted octanol–water partition coefficient (Wildman–Crippen LogP) is 4.63. The van der Waals surface area contributed by atoms with Gasteiger partial charge in [-0.25, -0.2) is 0 Å². The molecule has 1 aromatic rings. The van der Waals surface area contributed by atoms with E-state index in [-0.39, 0.29) is 0 Å². The van der Waals surface area contributed by atoms with Gasteiger partial charge in [0.2, 0.25) is 0 Å². The van der Waals surface area contributed by atoms with Gasteiger partial charge in [-0.05, 0) is 61.3 Å². The van der Waals surface area contributed by atoms with Crippen molar-refractivity contribution in [3.63, 3.8) is 0 Å². The summed E-state index contributed by atoms with van der Waals surface area (Å²) in [7, 11) is 1.76. The molecule has 0 saturated heterocycles. The van der Waals surface area contributed by atoms with Crippen LogP contribution in [0.15, 0.2) is 18.2 Å². The number of hydrogen-bond acceptors (Lipinski definition) is 2. The highest BCUT2D eigenvalue weighted by Crippen LogP contribution is 2.36. The Balaban J connectivity index is 1.70. The quantitative estimate of drug-likeness (QED) is 0.852. The zero-order valence-corrected chi connectivity index (χ0v) is 13.5. The second-order valence-electron chi connectivity index (χ2n) is 6.74. The summed E-state index contributed by atoms with van der Waals surface area (Å²) in [4.78, 5) is 0. The van der Waals surface area contributed by atoms with Crippen LogP contribution in [0, 0.1) is 5.92 Å². The average molecular weight is 287 g/mol. The molecule has 2 heteroatoms. The molecule has 3 rings (SSSR count). The van der Waals surface area contributed by atoms with Gasteiger partial charge in [0.25, 0.3) is 0 Å². The van der Waals surface area contributed by atoms with Gasteiger partial charge in [0.05, 0.1) is 7.11 Å². The van der Waals surface area contributed by atoms with Crippen molar-refractivity contribution in [1.29, 1.82) is 0 Å². The fraction of sp³-hybridized carbons (Fsp3) is 0.684. The van der Waals surface area contributed by atoms with Gasteiger partial charge in [0.1, 0.15) is 5.75 Å². The Morgan fingerprint density at radius 1 is 1.19 bits per heavy atom. The van der Waals surface area contributed by atoms with E-state index in [1.54, 1.807) is 7.11 Å². The predicted molar refractivity (Wildman–Crippen MR) is 87.8 cm³/mol. The maximum Gasteiger partial charge on any atom is 0.119 e. The molecule has 1 saturated carbocycles. The summed E-state index contributed by atoms with van der Waals surface area (Å²) < 4.78 is 5.41. The number of fused-ring (bicyclic) bond motifs is 1. The Bertz CT molecular complexity index is 465. The molecule has 1 fully saturated rings. The van der Waals surface area contributed by atoms with Crippen LogP contribution in [0.25, 0.3) is 0 Å². The van der Waals surface area contributed by atoms with Crippen molar-refractivity contribution in [3.05, 3.63) is 29.3 Å². The number of methoxy groups -OCH3 is 1. The van der Waals surface area contributed by atoms with Crippen molar-refractivity contribution >= 4 is 0 Å². The van der Waals surface area contributed by atoms with Gasteiger partial charge in [-0.15, -0.1) is 0 Å². The fourth-order valence-electron chi connectivity index (χ4n) is 4.26. The first-order valence-electron chi connectivity index (χ1n) is 8.74. The lowest BCUT2D eigenvalue weighted by molar-refractivity contribution is 0.245. The second-order valence-corrected chi connectivity index (χ2v) is 6.74. The average Bonchev–Trinajstić information content (AvgIpc) is 2.95. The molecule has 2 aliphatic carbocycles. The number of aryl methyl sites for hydroxylation is 1. The molecule has 0 radical (unpaired) electrons. The van der Waals surface area contributed by atoms with Crippen molar-refractivity contribution in [2.45, 2.75) is 70.4 Å². The van der Waals surface area contributed by atoms with E-state index >= 15 is 0 Å². The summed E-state index contributed by atoms with van der Waals surface area (Å²) in [6, 6.07) is 7.81. The first kappa shape index (κ1) is 14.9. The SMILES string of the molecule is CCC(NC1CCc2ccc(OC)cc21)C1CCCCC1. The number of nitrogens with one attached hydrogen (secondary N) is 1. The van der Waals surface area contributed by atoms with E-state index in [2.05, 4.69) is 30.4 Å². The summed E-state index contributed by atoms with van der Waals surface area (Å²) in [6.07, 6.45) is 10.8. The zero-order valence-electron chi connectivity index (χ0n) is 13.5. The number of rotatable bonds is 5. The summed E-state index contributed by atoms with van der Waals surface area (Å²) in [5, 5.41) is 3.99. The van der Waals surface area contributed by atoms with Crippen molar-refractivity contribution < 1.29 is 4.74 Å². The van der Waals surface area contributed by atoms with Crippen molar-refractivity contribution in [2.24, 2.45) is 5.92 Å². The van der Waals surface area contributed by atoms with E-state index in [1.807, 2.05) is 0 Å². The van der Waals surface area contributed by atoms with Crippen molar-refractivity contribution in [2.75, 3.05) is 7.11 Å². The first-order chi connectivity index (χ1) is 10.3. The molecule has 21 heavy (non-hydrogen) atoms. The van der Waals surface area contributed by atoms with Crippen LogP contribution in [0.5, 0.6) is 5.75 Å². The first-order valence-corrected chi connectivity index (χ1v) is 8.74. The van der Waals surface area contributed by atoms with Crippen LogP contribution < -0.4 is 10.1 Å². The Morgan fingerprint density at radius 2 is 2.00 bits per heavy atom. The molecule has 2 unspecified atom stereocenters. The minimum Gasteiger partial charge on any atom is -0.497 e. The van der Waals surface area contributed by atoms with E-state index in [4.69, 9.17) is 4.74 Å². The summed E-state index contributed by atoms with van der Waals surface area (Å²) in [5.41, 5.74) is 2.98. The minimum absolute atomic E-state index is 0.530. The molecule has 0 heterocycles. The van der Waals surface area contributed by atoms with Crippen LogP contribution in [0.2, 0.25) is 0 Å². The second kappa shape index (κ2) is 6.83. The third-order valence-electron chi connectivity index (χ3n) is 5.50. The van der Waals surface area contributed by atoms with Crippen LogP contribution in [-0.2, 0) is 6.42 Å². The van der Waals surface area contributed by atoms with Crippen molar-refractivity contribution in [3.8, 4) is 5.75 Å². The van der Waals surface area contributed by atoms with Crippen LogP contribution in [0.1, 0.15) is 69.0 Å². The smallest absolute Gasteiger partial charge is 0.119 e. The molecule has 0 aliphatic heterocycles. The molecule has 2 nitrogen and oxygen atoms in total. The molecule has 0 spiro atoms. The van der Waals surface area contributed by atoms with Gasteiger partial charge >= 0.3 is 0 Å². The Morgan fingerprint density at radius 3 is 2.71 bits per heavy atom. The highest BCUT2D eigenvalue weighted by molar-refractivity contribution is 5.40. The van der Waals surface area contributed by atoms with Gasteiger partial charge in [0, 0.05) is 12.1 Å². The largest absolute Gasteiger partial charge is 0.497 e. The molecule has 116 valence electrons. The number of hydrogen-bond donors (Lipinski definition) is 1. The topological polar surface area (TPSA) is 21.3 Å². The molecule has 0 aromatic heterocycles. The van der Waals surface area contributed by atoms with Gasteiger partial charge in [-0.3, -0.25) is 0 Å². The van der Waals surface area contributed by atoms with Crippen molar-refractivity contribution in [1.82, 2.24) is 5.32 Å². The molecule has 0 bridgehead atoms. The summed E-state index contributed by atoms with van der Waals surface area (Å²) >= 11 is 0. The Labute approximate surface area is 129 Å². The maximum atomic E-state index is 5.41. The number of ether oxygens (including phenoxy) is 1. The van der Waals surface area contributed by atoms with Crippen LogP contribution in [0.4, 0.5) is 0 Å². The minimum atomic E-state index is 0.530. The molecule has 1 aromatic carbocycles. The van der Waals surface area contributed by atoms with E-state index in [1.165, 1.54) is 62.5 Å². The Kier molecular flexibility index (Phi) is 4.84. The monoisotopic (exact) mass is 287 g/mol. The van der Waals surface area contributed by atoms with Gasteiger partial charge < -0.3 is 10.1 Å². The molecule has 2 aliphatic rings. The lowest BCUT2D eigenvalue weighted by atomic mass is 9.82. The van der Waals surface area contributed by atoms with E-state index in [0.717, 1.165) is 11.7 Å². The highest BCUT2D eigenvalue weighted by atomic mass is 16.5. The standard InChI is InChI=1S/C19H29NO/c1-3-18(15-7-5-4-6-8-15)20-19-12-10-14-9-11-16(21-2)13-17(14)19/h9,11,13,15,18-20H,3-8,10,12H2,1-2H3. The fourth-order valence-corrected chi connectivity index (χ4v) is 4.26. The van der Waals surface area contributed by atoms with Crippen LogP contribution in [0.3, 0.4) is 0 Å². The summed E-state index contributed by atoms with van der Waals surface area (Å²) in [6.45, 7) is 2.34. The van der Waals surface area contributed by atoms with Crippen LogP contribution in [-0.4, -0.2) is 13.2 Å². The normalized spacial score (nSPS) is 23.8. The number of benzene rings is 1. The molecule has 2 atom stereocenters. The van der Waals surface area contributed by atoms with Gasteiger partial charge in [-0.2, -0.15) is 0 Å². The van der Waals surface area contributed by atoms with E-state index in [0.29, 0.717) is 12.1 Å². The maximum absolute atomic E-state index is 5.41. The third kappa shape index (κ3) is 3.26. The van der Waals surface area contributed by atoms with E-state index in [9.17, 15) is 0 Å². The van der Waals surface area contributed by atoms with Gasteiger partial charge in [0.15, 0.2) is 0 Å². The third-order valence-corrected chi connectivity index (χ3v) is 5.50. The molecule has 0 amide bonds. The zero-order chi connectivity index (χ0) is 14.7. The summed E-state index contributed by atoms with van der Waals surface area (Å²) in [5.74, 6) is 1.88. The Hall–Kier alpha value is -1.02. The lowest BCUT2D eigenvalue weighted by Gasteiger charge is -2.33. The lowest BCUT2D eigenvalue weighted by Crippen LogP contribution is -2.38. The van der Waals surface area contributed by atoms with Gasteiger partial charge in [-0.1, -0.05) is 32.3 Å². The van der Waals surface area contributed by atoms with E-state index < -0.39 is 0 Å². The highest BCUT2D eigenvalue weighted by Gasteiger charge is 2.28. The molecular formula is C19H29NO.